The summed E-state index contributed by atoms with van der Waals surface area (Å²) in [6.07, 6.45) is 3.34. The second-order valence-electron chi connectivity index (χ2n) is 9.81. The van der Waals surface area contributed by atoms with Gasteiger partial charge in [0.25, 0.3) is 11.5 Å². The van der Waals surface area contributed by atoms with Gasteiger partial charge in [-0.05, 0) is 53.4 Å². The van der Waals surface area contributed by atoms with Crippen molar-refractivity contribution >= 4 is 38.8 Å². The molecule has 2 aromatic heterocycles. The lowest BCUT2D eigenvalue weighted by molar-refractivity contribution is -0.118. The highest BCUT2D eigenvalue weighted by Gasteiger charge is 2.25. The number of amides is 1. The van der Waals surface area contributed by atoms with Gasteiger partial charge in [-0.2, -0.15) is 0 Å². The highest BCUT2D eigenvalue weighted by Crippen LogP contribution is 2.27. The number of anilines is 2. The normalized spacial score (nSPS) is 14.8. The van der Waals surface area contributed by atoms with Gasteiger partial charge in [0.1, 0.15) is 6.04 Å². The van der Waals surface area contributed by atoms with E-state index in [2.05, 4.69) is 51.4 Å². The number of piperazine rings is 1. The summed E-state index contributed by atoms with van der Waals surface area (Å²) in [5.41, 5.74) is 3.73. The Kier molecular flexibility index (Phi) is 6.96. The SMILES string of the molecule is CN1CCN(c2ccc(-c3ccc4ccn(C(C(=O)Nc5nccs5)c5ccccc5)c(=O)c4c3)cc2)CC1. The third-order valence-electron chi connectivity index (χ3n) is 7.31. The van der Waals surface area contributed by atoms with E-state index in [0.717, 1.165) is 48.3 Å². The molecule has 0 saturated carbocycles. The van der Waals surface area contributed by atoms with E-state index in [0.29, 0.717) is 10.5 Å². The van der Waals surface area contributed by atoms with Gasteiger partial charge in [0, 0.05) is 55.0 Å². The topological polar surface area (TPSA) is 70.5 Å². The number of nitrogens with zero attached hydrogens (tertiary/aromatic N) is 4. The number of carbonyl (C=O) groups excluding carboxylic acids is 1. The lowest BCUT2D eigenvalue weighted by Crippen LogP contribution is -2.44. The third-order valence-corrected chi connectivity index (χ3v) is 7.99. The highest BCUT2D eigenvalue weighted by atomic mass is 32.1. The third kappa shape index (κ3) is 5.21. The predicted octanol–water partition coefficient (Wildman–Crippen LogP) is 5.10. The second-order valence-corrected chi connectivity index (χ2v) is 10.7. The molecule has 1 saturated heterocycles. The summed E-state index contributed by atoms with van der Waals surface area (Å²) in [5, 5.41) is 6.57. The average Bonchev–Trinajstić information content (AvgIpc) is 3.48. The first-order valence-electron chi connectivity index (χ1n) is 13.0. The maximum Gasteiger partial charge on any atom is 0.259 e. The van der Waals surface area contributed by atoms with Gasteiger partial charge in [-0.3, -0.25) is 19.5 Å². The number of thiazole rings is 1. The molecule has 39 heavy (non-hydrogen) atoms. The van der Waals surface area contributed by atoms with Crippen LogP contribution in [0, 0.1) is 0 Å². The Morgan fingerprint density at radius 1 is 0.923 bits per heavy atom. The average molecular weight is 536 g/mol. The molecular weight excluding hydrogens is 506 g/mol. The number of benzene rings is 3. The summed E-state index contributed by atoms with van der Waals surface area (Å²) in [5.74, 6) is -0.312. The number of aromatic nitrogens is 2. The maximum atomic E-state index is 13.9. The molecule has 1 unspecified atom stereocenters. The molecule has 5 aromatic rings. The molecule has 1 amide bonds. The summed E-state index contributed by atoms with van der Waals surface area (Å²) in [6.45, 7) is 4.16. The first-order valence-corrected chi connectivity index (χ1v) is 13.9. The molecule has 0 spiro atoms. The summed E-state index contributed by atoms with van der Waals surface area (Å²) >= 11 is 1.34. The van der Waals surface area contributed by atoms with Gasteiger partial charge in [-0.1, -0.05) is 54.6 Å². The second kappa shape index (κ2) is 10.8. The fourth-order valence-electron chi connectivity index (χ4n) is 5.10. The van der Waals surface area contributed by atoms with Crippen LogP contribution in [0.15, 0.2) is 101 Å². The van der Waals surface area contributed by atoms with Crippen LogP contribution >= 0.6 is 11.3 Å². The van der Waals surface area contributed by atoms with Crippen molar-refractivity contribution < 1.29 is 4.79 Å². The van der Waals surface area contributed by atoms with Crippen molar-refractivity contribution in [1.82, 2.24) is 14.5 Å². The van der Waals surface area contributed by atoms with Gasteiger partial charge in [-0.25, -0.2) is 4.98 Å². The number of pyridine rings is 1. The summed E-state index contributed by atoms with van der Waals surface area (Å²) in [6, 6.07) is 24.9. The van der Waals surface area contributed by atoms with Crippen molar-refractivity contribution in [2.75, 3.05) is 43.4 Å². The molecule has 3 aromatic carbocycles. The molecule has 1 atom stereocenters. The molecule has 7 nitrogen and oxygen atoms in total. The molecule has 0 bridgehead atoms. The zero-order valence-corrected chi connectivity index (χ0v) is 22.5. The minimum Gasteiger partial charge on any atom is -0.369 e. The summed E-state index contributed by atoms with van der Waals surface area (Å²) in [4.78, 5) is 36.3. The van der Waals surface area contributed by atoms with Crippen LogP contribution in [0.5, 0.6) is 0 Å². The molecule has 3 heterocycles. The Morgan fingerprint density at radius 2 is 1.67 bits per heavy atom. The number of nitrogens with one attached hydrogen (secondary N) is 1. The zero-order chi connectivity index (χ0) is 26.8. The van der Waals surface area contributed by atoms with E-state index < -0.39 is 6.04 Å². The van der Waals surface area contributed by atoms with E-state index in [-0.39, 0.29) is 11.5 Å². The maximum absolute atomic E-state index is 13.9. The molecule has 1 aliphatic rings. The van der Waals surface area contributed by atoms with Gasteiger partial charge in [0.05, 0.1) is 0 Å². The Hall–Kier alpha value is -4.27. The van der Waals surface area contributed by atoms with E-state index in [1.807, 2.05) is 54.6 Å². The van der Waals surface area contributed by atoms with Gasteiger partial charge in [-0.15, -0.1) is 11.3 Å². The molecular formula is C31H29N5O2S. The Bertz CT molecular complexity index is 1640. The number of carbonyl (C=O) groups is 1. The van der Waals surface area contributed by atoms with Crippen LogP contribution in [0.1, 0.15) is 11.6 Å². The molecule has 196 valence electrons. The number of rotatable bonds is 6. The minimum absolute atomic E-state index is 0.216. The Balaban J connectivity index is 1.35. The monoisotopic (exact) mass is 535 g/mol. The largest absolute Gasteiger partial charge is 0.369 e. The minimum atomic E-state index is -0.835. The van der Waals surface area contributed by atoms with Gasteiger partial charge >= 0.3 is 0 Å². The van der Waals surface area contributed by atoms with Crippen LogP contribution in [0.3, 0.4) is 0 Å². The van der Waals surface area contributed by atoms with Crippen LogP contribution < -0.4 is 15.8 Å². The molecule has 6 rings (SSSR count). The Labute approximate surface area is 231 Å². The smallest absolute Gasteiger partial charge is 0.259 e. The van der Waals surface area contributed by atoms with Gasteiger partial charge in [0.2, 0.25) is 0 Å². The van der Waals surface area contributed by atoms with Crippen molar-refractivity contribution in [3.8, 4) is 11.1 Å². The van der Waals surface area contributed by atoms with Crippen molar-refractivity contribution in [2.45, 2.75) is 6.04 Å². The molecule has 1 N–H and O–H groups in total. The summed E-state index contributed by atoms with van der Waals surface area (Å²) < 4.78 is 1.51. The van der Waals surface area contributed by atoms with Crippen molar-refractivity contribution in [1.29, 1.82) is 0 Å². The van der Waals surface area contributed by atoms with E-state index >= 15 is 0 Å². The van der Waals surface area contributed by atoms with Crippen LogP contribution in [-0.4, -0.2) is 53.6 Å². The first-order chi connectivity index (χ1) is 19.1. The van der Waals surface area contributed by atoms with Crippen LogP contribution in [-0.2, 0) is 4.79 Å². The fourth-order valence-corrected chi connectivity index (χ4v) is 5.63. The predicted molar refractivity (Wildman–Crippen MR) is 159 cm³/mol. The fraction of sp³-hybridized carbons (Fsp3) is 0.194. The van der Waals surface area contributed by atoms with E-state index in [1.165, 1.54) is 21.6 Å². The zero-order valence-electron chi connectivity index (χ0n) is 21.7. The van der Waals surface area contributed by atoms with Crippen LogP contribution in [0.25, 0.3) is 21.9 Å². The van der Waals surface area contributed by atoms with Crippen molar-refractivity contribution in [2.24, 2.45) is 0 Å². The lowest BCUT2D eigenvalue weighted by Gasteiger charge is -2.34. The first kappa shape index (κ1) is 25.0. The van der Waals surface area contributed by atoms with Gasteiger partial charge < -0.3 is 9.80 Å². The van der Waals surface area contributed by atoms with Gasteiger partial charge in [0.15, 0.2) is 5.13 Å². The molecule has 1 aliphatic heterocycles. The van der Waals surface area contributed by atoms with Crippen LogP contribution in [0.4, 0.5) is 10.8 Å². The number of hydrogen-bond acceptors (Lipinski definition) is 6. The molecule has 0 radical (unpaired) electrons. The molecule has 8 heteroatoms. The lowest BCUT2D eigenvalue weighted by atomic mass is 10.0. The molecule has 1 fully saturated rings. The van der Waals surface area contributed by atoms with Crippen LogP contribution in [0.2, 0.25) is 0 Å². The quantitative estimate of drug-likeness (QED) is 0.327. The Morgan fingerprint density at radius 3 is 2.38 bits per heavy atom. The van der Waals surface area contributed by atoms with E-state index in [4.69, 9.17) is 0 Å². The number of fused-ring (bicyclic) bond motifs is 1. The number of likely N-dealkylation sites (N-methyl/N-ethyl adjacent to an activating group) is 1. The number of hydrogen-bond donors (Lipinski definition) is 1. The molecule has 0 aliphatic carbocycles. The van der Waals surface area contributed by atoms with E-state index in [1.54, 1.807) is 17.8 Å². The van der Waals surface area contributed by atoms with Crippen molar-refractivity contribution in [3.63, 3.8) is 0 Å². The highest BCUT2D eigenvalue weighted by molar-refractivity contribution is 7.13. The standard InChI is InChI=1S/C31H29N5O2S/c1-34-16-18-35(19-17-34)26-11-9-22(10-12-26)25-8-7-23-13-15-36(30(38)27(23)21-25)28(24-5-3-2-4-6-24)29(37)33-31-32-14-20-39-31/h2-15,20-21,28H,16-19H2,1H3,(H,32,33,37). The van der Waals surface area contributed by atoms with E-state index in [9.17, 15) is 9.59 Å². The van der Waals surface area contributed by atoms with Crippen molar-refractivity contribution in [3.05, 3.63) is 113 Å². The summed E-state index contributed by atoms with van der Waals surface area (Å²) in [7, 11) is 2.16.